The van der Waals surface area contributed by atoms with E-state index in [1.807, 2.05) is 42.5 Å². The van der Waals surface area contributed by atoms with Crippen LogP contribution in [0.1, 0.15) is 17.3 Å². The molecule has 0 aliphatic rings. The van der Waals surface area contributed by atoms with E-state index in [0.717, 1.165) is 10.8 Å². The van der Waals surface area contributed by atoms with E-state index in [9.17, 15) is 9.59 Å². The first-order valence-corrected chi connectivity index (χ1v) is 9.41. The van der Waals surface area contributed by atoms with E-state index in [-0.39, 0.29) is 11.8 Å². The van der Waals surface area contributed by atoms with Gasteiger partial charge in [0.1, 0.15) is 5.75 Å². The molecule has 3 aromatic carbocycles. The Hall–Kier alpha value is -3.38. The first-order chi connectivity index (χ1) is 14.1. The lowest BCUT2D eigenvalue weighted by atomic mass is 10.1. The third-order valence-electron chi connectivity index (χ3n) is 4.44. The molecule has 3 rings (SSSR count). The monoisotopic (exact) mass is 392 g/mol. The molecule has 3 aromatic rings. The molecule has 6 heteroatoms. The normalized spacial score (nSPS) is 11.7. The number of nitrogens with one attached hydrogen (secondary N) is 2. The summed E-state index contributed by atoms with van der Waals surface area (Å²) in [5.74, 6) is 0.0204. The molecule has 1 atom stereocenters. The lowest BCUT2D eigenvalue weighted by Gasteiger charge is -2.17. The third kappa shape index (κ3) is 5.12. The summed E-state index contributed by atoms with van der Waals surface area (Å²) in [7, 11) is 1.57. The van der Waals surface area contributed by atoms with Gasteiger partial charge in [-0.2, -0.15) is 0 Å². The van der Waals surface area contributed by atoms with Crippen LogP contribution in [-0.2, 0) is 9.53 Å². The van der Waals surface area contributed by atoms with Gasteiger partial charge in [0.05, 0.1) is 17.9 Å². The molecular formula is C23H24N2O4. The average Bonchev–Trinajstić information content (AvgIpc) is 2.74. The molecule has 0 aromatic heterocycles. The van der Waals surface area contributed by atoms with Crippen molar-refractivity contribution in [3.8, 4) is 5.75 Å². The van der Waals surface area contributed by atoms with Gasteiger partial charge in [-0.3, -0.25) is 9.59 Å². The topological polar surface area (TPSA) is 76.7 Å². The molecule has 0 saturated heterocycles. The Kier molecular flexibility index (Phi) is 6.81. The van der Waals surface area contributed by atoms with E-state index >= 15 is 0 Å². The Balaban J connectivity index is 1.71. The molecule has 0 fully saturated rings. The molecule has 0 unspecified atom stereocenters. The Labute approximate surface area is 169 Å². The molecule has 0 bridgehead atoms. The number of carbonyl (C=O) groups is 2. The number of benzene rings is 3. The minimum absolute atomic E-state index is 0.277. The largest absolute Gasteiger partial charge is 0.480 e. The predicted octanol–water partition coefficient (Wildman–Crippen LogP) is 3.62. The van der Waals surface area contributed by atoms with Gasteiger partial charge in [0.2, 0.25) is 0 Å². The highest BCUT2D eigenvalue weighted by molar-refractivity contribution is 6.04. The van der Waals surface area contributed by atoms with Gasteiger partial charge in [0, 0.05) is 19.0 Å². The molecule has 0 heterocycles. The fourth-order valence-electron chi connectivity index (χ4n) is 2.93. The van der Waals surface area contributed by atoms with E-state index in [0.29, 0.717) is 30.2 Å². The lowest BCUT2D eigenvalue weighted by molar-refractivity contribution is -0.122. The van der Waals surface area contributed by atoms with Gasteiger partial charge in [0.15, 0.2) is 6.10 Å². The van der Waals surface area contributed by atoms with Crippen LogP contribution in [-0.4, -0.2) is 38.2 Å². The van der Waals surface area contributed by atoms with Gasteiger partial charge in [-0.05, 0) is 30.5 Å². The van der Waals surface area contributed by atoms with Crippen LogP contribution in [0.5, 0.6) is 5.75 Å². The van der Waals surface area contributed by atoms with Crippen LogP contribution in [0.15, 0.2) is 66.7 Å². The smallest absolute Gasteiger partial charge is 0.265 e. The van der Waals surface area contributed by atoms with Gasteiger partial charge in [-0.25, -0.2) is 0 Å². The van der Waals surface area contributed by atoms with E-state index in [1.54, 1.807) is 38.3 Å². The van der Waals surface area contributed by atoms with Crippen molar-refractivity contribution in [1.82, 2.24) is 5.32 Å². The highest BCUT2D eigenvalue weighted by Gasteiger charge is 2.19. The third-order valence-corrected chi connectivity index (χ3v) is 4.44. The second kappa shape index (κ2) is 9.71. The first kappa shape index (κ1) is 20.4. The maximum Gasteiger partial charge on any atom is 0.265 e. The number of methoxy groups -OCH3 is 1. The number of hydrogen-bond donors (Lipinski definition) is 2. The van der Waals surface area contributed by atoms with E-state index in [1.165, 1.54) is 0 Å². The minimum Gasteiger partial charge on any atom is -0.480 e. The van der Waals surface area contributed by atoms with Crippen LogP contribution in [0.3, 0.4) is 0 Å². The zero-order valence-corrected chi connectivity index (χ0v) is 16.5. The highest BCUT2D eigenvalue weighted by atomic mass is 16.5. The number of amides is 2. The molecule has 150 valence electrons. The summed E-state index contributed by atoms with van der Waals surface area (Å²) < 4.78 is 10.9. The number of para-hydroxylation sites is 1. The molecule has 29 heavy (non-hydrogen) atoms. The van der Waals surface area contributed by atoms with Crippen LogP contribution < -0.4 is 15.4 Å². The fourth-order valence-corrected chi connectivity index (χ4v) is 2.93. The van der Waals surface area contributed by atoms with E-state index < -0.39 is 6.10 Å². The lowest BCUT2D eigenvalue weighted by Crippen LogP contribution is -2.32. The molecule has 0 radical (unpaired) electrons. The zero-order chi connectivity index (χ0) is 20.6. The number of fused-ring (bicyclic) bond motifs is 1. The molecule has 0 saturated carbocycles. The minimum atomic E-state index is -0.745. The number of rotatable bonds is 8. The Morgan fingerprint density at radius 2 is 1.69 bits per heavy atom. The summed E-state index contributed by atoms with van der Waals surface area (Å²) in [4.78, 5) is 25.1. The van der Waals surface area contributed by atoms with Gasteiger partial charge >= 0.3 is 0 Å². The van der Waals surface area contributed by atoms with E-state index in [4.69, 9.17) is 9.47 Å². The second-order valence-corrected chi connectivity index (χ2v) is 6.52. The summed E-state index contributed by atoms with van der Waals surface area (Å²) in [6.45, 7) is 2.48. The standard InChI is InChI=1S/C23H24N2O4/c1-16(29-21-13-7-9-17-8-3-4-10-18(17)21)22(26)25-20-12-6-5-11-19(20)23(27)24-14-15-28-2/h3-13,16H,14-15H2,1-2H3,(H,24,27)(H,25,26)/t16-/m1/s1. The van der Waals surface area contributed by atoms with Crippen molar-refractivity contribution in [3.63, 3.8) is 0 Å². The van der Waals surface area contributed by atoms with Crippen molar-refractivity contribution < 1.29 is 19.1 Å². The van der Waals surface area contributed by atoms with Crippen LogP contribution >= 0.6 is 0 Å². The molecule has 0 aliphatic carbocycles. The second-order valence-electron chi connectivity index (χ2n) is 6.52. The summed E-state index contributed by atoms with van der Waals surface area (Å²) in [5, 5.41) is 7.53. The summed E-state index contributed by atoms with van der Waals surface area (Å²) in [6.07, 6.45) is -0.745. The van der Waals surface area contributed by atoms with Crippen molar-refractivity contribution in [3.05, 3.63) is 72.3 Å². The van der Waals surface area contributed by atoms with E-state index in [2.05, 4.69) is 10.6 Å². The Bertz CT molecular complexity index is 998. The molecule has 2 N–H and O–H groups in total. The van der Waals surface area contributed by atoms with Gasteiger partial charge in [-0.15, -0.1) is 0 Å². The van der Waals surface area contributed by atoms with Crippen molar-refractivity contribution >= 4 is 28.3 Å². The van der Waals surface area contributed by atoms with Crippen molar-refractivity contribution in [2.45, 2.75) is 13.0 Å². The van der Waals surface area contributed by atoms with Gasteiger partial charge < -0.3 is 20.1 Å². The number of anilines is 1. The summed E-state index contributed by atoms with van der Waals surface area (Å²) >= 11 is 0. The Morgan fingerprint density at radius 3 is 2.52 bits per heavy atom. The van der Waals surface area contributed by atoms with Crippen molar-refractivity contribution in [2.24, 2.45) is 0 Å². The van der Waals surface area contributed by atoms with Crippen LogP contribution in [0.4, 0.5) is 5.69 Å². The summed E-state index contributed by atoms with van der Waals surface area (Å²) in [6, 6.07) is 20.4. The van der Waals surface area contributed by atoms with Gasteiger partial charge in [-0.1, -0.05) is 48.5 Å². The molecule has 6 nitrogen and oxygen atoms in total. The van der Waals surface area contributed by atoms with Crippen LogP contribution in [0.25, 0.3) is 10.8 Å². The first-order valence-electron chi connectivity index (χ1n) is 9.41. The zero-order valence-electron chi connectivity index (χ0n) is 16.5. The molecule has 2 amide bonds. The fraction of sp³-hybridized carbons (Fsp3) is 0.217. The van der Waals surface area contributed by atoms with Gasteiger partial charge in [0.25, 0.3) is 11.8 Å². The number of carbonyl (C=O) groups excluding carboxylic acids is 2. The number of hydrogen-bond acceptors (Lipinski definition) is 4. The highest BCUT2D eigenvalue weighted by Crippen LogP contribution is 2.26. The molecular weight excluding hydrogens is 368 g/mol. The quantitative estimate of drug-likeness (QED) is 0.574. The SMILES string of the molecule is COCCNC(=O)c1ccccc1NC(=O)[C@@H](C)Oc1cccc2ccccc12. The predicted molar refractivity (Wildman–Crippen MR) is 113 cm³/mol. The number of ether oxygens (including phenoxy) is 2. The Morgan fingerprint density at radius 1 is 0.966 bits per heavy atom. The van der Waals surface area contributed by atoms with Crippen molar-refractivity contribution in [1.29, 1.82) is 0 Å². The van der Waals surface area contributed by atoms with Crippen LogP contribution in [0, 0.1) is 0 Å². The maximum atomic E-state index is 12.7. The maximum absolute atomic E-state index is 12.7. The average molecular weight is 392 g/mol. The van der Waals surface area contributed by atoms with Crippen molar-refractivity contribution in [2.75, 3.05) is 25.6 Å². The summed E-state index contributed by atoms with van der Waals surface area (Å²) in [5.41, 5.74) is 0.815. The molecule has 0 spiro atoms. The molecule has 0 aliphatic heterocycles. The van der Waals surface area contributed by atoms with Crippen LogP contribution in [0.2, 0.25) is 0 Å².